The maximum Gasteiger partial charge on any atom is 0.341 e. The molecule has 0 radical (unpaired) electrons. The van der Waals surface area contributed by atoms with Crippen molar-refractivity contribution < 1.29 is 23.7 Å². The van der Waals surface area contributed by atoms with Crippen molar-refractivity contribution in [3.05, 3.63) is 24.3 Å². The number of anilines is 1. The van der Waals surface area contributed by atoms with Gasteiger partial charge in [0, 0.05) is 33.0 Å². The zero-order chi connectivity index (χ0) is 20.4. The standard InChI is InChI=1S/C18H24N6O5/c1-23(2)11-5-4-6-12(7-11)29-18-20-21-22-24(18)14-9-28-16-13(8-27-17(14)16)19-15(25)10-26-3/h4-7,13-14,16-17H,8-10H2,1-3H3,(H,19,25)/t13-,14-,16+,17+/m0/s1. The summed E-state index contributed by atoms with van der Waals surface area (Å²) in [6.45, 7) is 0.698. The molecule has 3 heterocycles. The number of hydrogen-bond acceptors (Lipinski definition) is 9. The summed E-state index contributed by atoms with van der Waals surface area (Å²) in [7, 11) is 5.39. The van der Waals surface area contributed by atoms with Gasteiger partial charge in [0.25, 0.3) is 0 Å². The topological polar surface area (TPSA) is 113 Å². The van der Waals surface area contributed by atoms with E-state index in [1.54, 1.807) is 4.68 Å². The Hall–Kier alpha value is -2.76. The van der Waals surface area contributed by atoms with E-state index in [1.165, 1.54) is 7.11 Å². The molecule has 0 spiro atoms. The van der Waals surface area contributed by atoms with Gasteiger partial charge in [-0.1, -0.05) is 11.2 Å². The minimum atomic E-state index is -0.290. The van der Waals surface area contributed by atoms with Crippen molar-refractivity contribution in [2.45, 2.75) is 24.3 Å². The van der Waals surface area contributed by atoms with Crippen LogP contribution < -0.4 is 15.0 Å². The molecule has 4 rings (SSSR count). The van der Waals surface area contributed by atoms with Crippen LogP contribution in [-0.2, 0) is 19.0 Å². The van der Waals surface area contributed by atoms with Gasteiger partial charge in [0.2, 0.25) is 5.91 Å². The number of carbonyl (C=O) groups excluding carboxylic acids is 1. The second-order valence-corrected chi connectivity index (χ2v) is 7.17. The van der Waals surface area contributed by atoms with Gasteiger partial charge in [0.15, 0.2) is 0 Å². The Labute approximate surface area is 167 Å². The number of fused-ring (bicyclic) bond motifs is 1. The molecule has 1 aromatic carbocycles. The zero-order valence-electron chi connectivity index (χ0n) is 16.5. The van der Waals surface area contributed by atoms with Crippen LogP contribution in [0.2, 0.25) is 0 Å². The van der Waals surface area contributed by atoms with Crippen LogP contribution in [0.1, 0.15) is 6.04 Å². The molecule has 0 unspecified atom stereocenters. The van der Waals surface area contributed by atoms with E-state index in [2.05, 4.69) is 20.8 Å². The first-order chi connectivity index (χ1) is 14.1. The van der Waals surface area contributed by atoms with Crippen molar-refractivity contribution in [1.82, 2.24) is 25.5 Å². The number of nitrogens with one attached hydrogen (secondary N) is 1. The Kier molecular flexibility index (Phi) is 5.60. The Morgan fingerprint density at radius 2 is 2.14 bits per heavy atom. The highest BCUT2D eigenvalue weighted by Gasteiger charge is 2.50. The Morgan fingerprint density at radius 3 is 2.93 bits per heavy atom. The number of nitrogens with zero attached hydrogens (tertiary/aromatic N) is 5. The molecule has 2 saturated heterocycles. The van der Waals surface area contributed by atoms with Gasteiger partial charge in [-0.2, -0.15) is 4.68 Å². The monoisotopic (exact) mass is 404 g/mol. The number of ether oxygens (including phenoxy) is 4. The van der Waals surface area contributed by atoms with Crippen molar-refractivity contribution in [3.63, 3.8) is 0 Å². The fourth-order valence-corrected chi connectivity index (χ4v) is 3.58. The Morgan fingerprint density at radius 1 is 1.31 bits per heavy atom. The van der Waals surface area contributed by atoms with Crippen molar-refractivity contribution >= 4 is 11.6 Å². The van der Waals surface area contributed by atoms with Gasteiger partial charge in [-0.15, -0.1) is 0 Å². The molecule has 0 aliphatic carbocycles. The summed E-state index contributed by atoms with van der Waals surface area (Å²) in [5, 5.41) is 14.7. The summed E-state index contributed by atoms with van der Waals surface area (Å²) in [5.41, 5.74) is 1.000. The Bertz CT molecular complexity index is 859. The Balaban J connectivity index is 1.47. The number of rotatable bonds is 7. The minimum Gasteiger partial charge on any atom is -0.423 e. The smallest absolute Gasteiger partial charge is 0.341 e. The van der Waals surface area contributed by atoms with E-state index in [1.807, 2.05) is 43.3 Å². The van der Waals surface area contributed by atoms with Crippen LogP contribution in [0.25, 0.3) is 0 Å². The van der Waals surface area contributed by atoms with E-state index >= 15 is 0 Å². The summed E-state index contributed by atoms with van der Waals surface area (Å²) < 4.78 is 24.2. The molecule has 11 nitrogen and oxygen atoms in total. The molecule has 0 bridgehead atoms. The van der Waals surface area contributed by atoms with Crippen LogP contribution in [0, 0.1) is 0 Å². The molecule has 2 fully saturated rings. The third kappa shape index (κ3) is 4.02. The molecule has 29 heavy (non-hydrogen) atoms. The highest BCUT2D eigenvalue weighted by atomic mass is 16.6. The number of hydrogen-bond donors (Lipinski definition) is 1. The van der Waals surface area contributed by atoms with Crippen LogP contribution in [0.3, 0.4) is 0 Å². The van der Waals surface area contributed by atoms with Crippen molar-refractivity contribution in [1.29, 1.82) is 0 Å². The lowest BCUT2D eigenvalue weighted by molar-refractivity contribution is -0.126. The summed E-state index contributed by atoms with van der Waals surface area (Å²) in [4.78, 5) is 13.8. The van der Waals surface area contributed by atoms with Crippen LogP contribution >= 0.6 is 0 Å². The molecule has 0 saturated carbocycles. The van der Waals surface area contributed by atoms with Crippen LogP contribution in [-0.4, -0.2) is 85.4 Å². The number of amides is 1. The van der Waals surface area contributed by atoms with Gasteiger partial charge in [0.1, 0.15) is 30.6 Å². The van der Waals surface area contributed by atoms with E-state index in [0.717, 1.165) is 5.69 Å². The van der Waals surface area contributed by atoms with E-state index < -0.39 is 0 Å². The number of aromatic nitrogens is 4. The van der Waals surface area contributed by atoms with Crippen molar-refractivity contribution in [3.8, 4) is 11.8 Å². The van der Waals surface area contributed by atoms with Gasteiger partial charge in [-0.05, 0) is 22.6 Å². The predicted molar refractivity (Wildman–Crippen MR) is 101 cm³/mol. The van der Waals surface area contributed by atoms with Crippen LogP contribution in [0.15, 0.2) is 24.3 Å². The van der Waals surface area contributed by atoms with Gasteiger partial charge in [0.05, 0.1) is 19.3 Å². The molecule has 4 atom stereocenters. The molecule has 2 aliphatic heterocycles. The second-order valence-electron chi connectivity index (χ2n) is 7.17. The number of carbonyl (C=O) groups is 1. The molecule has 156 valence electrons. The predicted octanol–water partition coefficient (Wildman–Crippen LogP) is 0.00130. The first-order valence-corrected chi connectivity index (χ1v) is 9.31. The first kappa shape index (κ1) is 19.6. The van der Waals surface area contributed by atoms with Crippen molar-refractivity contribution in [2.24, 2.45) is 0 Å². The van der Waals surface area contributed by atoms with E-state index in [0.29, 0.717) is 19.0 Å². The summed E-state index contributed by atoms with van der Waals surface area (Å²) >= 11 is 0. The first-order valence-electron chi connectivity index (χ1n) is 9.31. The van der Waals surface area contributed by atoms with Gasteiger partial charge < -0.3 is 29.2 Å². The molecular formula is C18H24N6O5. The van der Waals surface area contributed by atoms with E-state index in [-0.39, 0.29) is 42.8 Å². The maximum atomic E-state index is 11.8. The highest BCUT2D eigenvalue weighted by Crippen LogP contribution is 2.36. The normalized spacial score (nSPS) is 25.6. The molecule has 2 aliphatic rings. The quantitative estimate of drug-likeness (QED) is 0.681. The second kappa shape index (κ2) is 8.31. The fraction of sp³-hybridized carbons (Fsp3) is 0.556. The van der Waals surface area contributed by atoms with Crippen LogP contribution in [0.4, 0.5) is 5.69 Å². The summed E-state index contributed by atoms with van der Waals surface area (Å²) in [6.07, 6.45) is -0.572. The molecule has 2 aromatic rings. The molecule has 11 heteroatoms. The lowest BCUT2D eigenvalue weighted by Gasteiger charge is -2.18. The summed E-state index contributed by atoms with van der Waals surface area (Å²) in [5.74, 6) is 0.417. The molecule has 1 aromatic heterocycles. The average molecular weight is 404 g/mol. The van der Waals surface area contributed by atoms with Gasteiger partial charge in [-0.25, -0.2) is 0 Å². The third-order valence-corrected chi connectivity index (χ3v) is 4.97. The number of benzene rings is 1. The summed E-state index contributed by atoms with van der Waals surface area (Å²) in [6, 6.07) is 7.38. The van der Waals surface area contributed by atoms with Gasteiger partial charge >= 0.3 is 6.01 Å². The minimum absolute atomic E-state index is 0.00564. The van der Waals surface area contributed by atoms with Gasteiger partial charge in [-0.3, -0.25) is 4.79 Å². The van der Waals surface area contributed by atoms with E-state index in [9.17, 15) is 4.79 Å². The third-order valence-electron chi connectivity index (χ3n) is 4.97. The SMILES string of the molecule is COCC(=O)N[C@H]1CO[C@H]2[C@@H]1OC[C@@H]2n1nnnc1Oc1cccc(N(C)C)c1. The zero-order valence-corrected chi connectivity index (χ0v) is 16.5. The highest BCUT2D eigenvalue weighted by molar-refractivity contribution is 5.77. The maximum absolute atomic E-state index is 11.8. The fourth-order valence-electron chi connectivity index (χ4n) is 3.58. The van der Waals surface area contributed by atoms with E-state index in [4.69, 9.17) is 18.9 Å². The number of tetrazole rings is 1. The lowest BCUT2D eigenvalue weighted by Crippen LogP contribution is -2.45. The molecular weight excluding hydrogens is 380 g/mol. The largest absolute Gasteiger partial charge is 0.423 e. The molecule has 1 N–H and O–H groups in total. The molecule has 1 amide bonds. The number of methoxy groups -OCH3 is 1. The average Bonchev–Trinajstić information content (AvgIpc) is 3.40. The van der Waals surface area contributed by atoms with Crippen molar-refractivity contribution in [2.75, 3.05) is 45.9 Å². The lowest BCUT2D eigenvalue weighted by atomic mass is 10.1. The van der Waals surface area contributed by atoms with Crippen LogP contribution in [0.5, 0.6) is 11.8 Å².